The predicted molar refractivity (Wildman–Crippen MR) is 77.2 cm³/mol. The molecule has 1 aromatic rings. The van der Waals surface area contributed by atoms with Crippen molar-refractivity contribution in [2.75, 3.05) is 0 Å². The van der Waals surface area contributed by atoms with E-state index in [4.69, 9.17) is 12.8 Å². The van der Waals surface area contributed by atoms with E-state index >= 15 is 0 Å². The van der Waals surface area contributed by atoms with Crippen molar-refractivity contribution >= 4 is 7.85 Å². The summed E-state index contributed by atoms with van der Waals surface area (Å²) in [5.74, 6) is 1.60. The van der Waals surface area contributed by atoms with E-state index in [0.717, 1.165) is 31.5 Å². The van der Waals surface area contributed by atoms with Crippen LogP contribution in [0, 0.1) is 5.92 Å². The van der Waals surface area contributed by atoms with Gasteiger partial charge in [-0.05, 0) is 25.2 Å². The number of fused-ring (bicyclic) bond motifs is 1. The van der Waals surface area contributed by atoms with Gasteiger partial charge in [0.2, 0.25) is 0 Å². The average Bonchev–Trinajstić information content (AvgIpc) is 2.54. The number of nitrogens with zero attached hydrogens (tertiary/aromatic N) is 1. The zero-order chi connectivity index (χ0) is 13.6. The average molecular weight is 244 g/mol. The SMILES string of the molecule is [B]C1(C(C)C)CCCc2nc(C(C)(C)C)[nH]c2C1. The molecule has 18 heavy (non-hydrogen) atoms. The normalized spacial score (nSPS) is 25.0. The molecule has 0 aromatic carbocycles. The van der Waals surface area contributed by atoms with Gasteiger partial charge in [-0.3, -0.25) is 0 Å². The Morgan fingerprint density at radius 2 is 2.00 bits per heavy atom. The summed E-state index contributed by atoms with van der Waals surface area (Å²) in [6.45, 7) is 11.0. The number of aromatic amines is 1. The minimum absolute atomic E-state index is 0.0765. The molecule has 98 valence electrons. The second-order valence-electron chi connectivity index (χ2n) is 7.18. The number of nitrogens with one attached hydrogen (secondary N) is 1. The van der Waals surface area contributed by atoms with Gasteiger partial charge in [0, 0.05) is 11.1 Å². The quantitative estimate of drug-likeness (QED) is 0.593. The molecule has 0 fully saturated rings. The molecule has 1 aliphatic rings. The lowest BCUT2D eigenvalue weighted by atomic mass is 9.57. The highest BCUT2D eigenvalue weighted by Gasteiger charge is 2.33. The summed E-state index contributed by atoms with van der Waals surface area (Å²) in [4.78, 5) is 8.33. The van der Waals surface area contributed by atoms with E-state index in [9.17, 15) is 0 Å². The van der Waals surface area contributed by atoms with Crippen LogP contribution in [0.5, 0.6) is 0 Å². The van der Waals surface area contributed by atoms with Crippen LogP contribution in [0.4, 0.5) is 0 Å². The second kappa shape index (κ2) is 4.43. The zero-order valence-electron chi connectivity index (χ0n) is 12.4. The smallest absolute Gasteiger partial charge is 0.111 e. The van der Waals surface area contributed by atoms with Gasteiger partial charge in [-0.2, -0.15) is 0 Å². The fourth-order valence-electron chi connectivity index (χ4n) is 2.65. The van der Waals surface area contributed by atoms with Gasteiger partial charge in [0.15, 0.2) is 0 Å². The fraction of sp³-hybridized carbons (Fsp3) is 0.800. The van der Waals surface area contributed by atoms with Gasteiger partial charge >= 0.3 is 0 Å². The molecule has 1 heterocycles. The van der Waals surface area contributed by atoms with E-state index in [1.807, 2.05) is 0 Å². The van der Waals surface area contributed by atoms with Crippen molar-refractivity contribution in [3.63, 3.8) is 0 Å². The molecule has 3 heteroatoms. The van der Waals surface area contributed by atoms with Crippen LogP contribution in [0.1, 0.15) is 64.7 Å². The van der Waals surface area contributed by atoms with E-state index in [2.05, 4.69) is 39.6 Å². The summed E-state index contributed by atoms with van der Waals surface area (Å²) in [5.41, 5.74) is 2.60. The monoisotopic (exact) mass is 244 g/mol. The Hall–Kier alpha value is -0.725. The molecule has 1 unspecified atom stereocenters. The van der Waals surface area contributed by atoms with Crippen molar-refractivity contribution in [3.05, 3.63) is 17.2 Å². The number of aryl methyl sites for hydroxylation is 1. The largest absolute Gasteiger partial charge is 0.345 e. The molecule has 0 spiro atoms. The summed E-state index contributed by atoms with van der Waals surface area (Å²) >= 11 is 0. The first-order valence-corrected chi connectivity index (χ1v) is 7.09. The molecule has 2 radical (unpaired) electrons. The Bertz CT molecular complexity index is 428. The van der Waals surface area contributed by atoms with E-state index in [-0.39, 0.29) is 10.7 Å². The zero-order valence-corrected chi connectivity index (χ0v) is 12.4. The minimum atomic E-state index is -0.0765. The van der Waals surface area contributed by atoms with Crippen molar-refractivity contribution < 1.29 is 0 Å². The van der Waals surface area contributed by atoms with Gasteiger partial charge < -0.3 is 4.98 Å². The van der Waals surface area contributed by atoms with Crippen molar-refractivity contribution in [2.45, 2.75) is 71.0 Å². The maximum absolute atomic E-state index is 6.59. The third-order valence-corrected chi connectivity index (χ3v) is 4.29. The second-order valence-corrected chi connectivity index (χ2v) is 7.18. The van der Waals surface area contributed by atoms with Crippen LogP contribution in [0.25, 0.3) is 0 Å². The first-order chi connectivity index (χ1) is 8.22. The van der Waals surface area contributed by atoms with Gasteiger partial charge in [-0.15, -0.1) is 0 Å². The molecule has 0 aliphatic heterocycles. The molecule has 0 bridgehead atoms. The molecule has 1 aliphatic carbocycles. The molecular weight excluding hydrogens is 219 g/mol. The van der Waals surface area contributed by atoms with Crippen molar-refractivity contribution in [3.8, 4) is 0 Å². The maximum atomic E-state index is 6.59. The van der Waals surface area contributed by atoms with Crippen LogP contribution in [-0.2, 0) is 18.3 Å². The standard InChI is InChI=1S/C15H25BN2/c1-10(2)15(16)8-6-7-11-12(9-15)18-13(17-11)14(3,4)5/h10H,6-9H2,1-5H3,(H,17,18). The number of hydrogen-bond acceptors (Lipinski definition) is 1. The summed E-state index contributed by atoms with van der Waals surface area (Å²) in [5, 5.41) is -0.0765. The Morgan fingerprint density at radius 1 is 1.33 bits per heavy atom. The molecule has 1 aromatic heterocycles. The third-order valence-electron chi connectivity index (χ3n) is 4.29. The predicted octanol–water partition coefficient (Wildman–Crippen LogP) is 3.57. The van der Waals surface area contributed by atoms with Crippen molar-refractivity contribution in [2.24, 2.45) is 5.92 Å². The highest BCUT2D eigenvalue weighted by atomic mass is 15.0. The van der Waals surface area contributed by atoms with E-state index < -0.39 is 0 Å². The fourth-order valence-corrected chi connectivity index (χ4v) is 2.65. The van der Waals surface area contributed by atoms with Crippen LogP contribution in [0.3, 0.4) is 0 Å². The Balaban J connectivity index is 2.34. The van der Waals surface area contributed by atoms with Gasteiger partial charge in [0.25, 0.3) is 0 Å². The maximum Gasteiger partial charge on any atom is 0.111 e. The molecule has 1 atom stereocenters. The van der Waals surface area contributed by atoms with Crippen LogP contribution in [-0.4, -0.2) is 17.8 Å². The number of hydrogen-bond donors (Lipinski definition) is 1. The van der Waals surface area contributed by atoms with Gasteiger partial charge in [-0.25, -0.2) is 4.98 Å². The first kappa shape index (κ1) is 13.7. The Morgan fingerprint density at radius 3 is 2.56 bits per heavy atom. The summed E-state index contributed by atoms with van der Waals surface area (Å²) in [7, 11) is 6.59. The van der Waals surface area contributed by atoms with E-state index in [1.54, 1.807) is 0 Å². The number of rotatable bonds is 1. The highest BCUT2D eigenvalue weighted by molar-refractivity contribution is 6.15. The lowest BCUT2D eigenvalue weighted by molar-refractivity contribution is 0.378. The number of aromatic nitrogens is 2. The van der Waals surface area contributed by atoms with Gasteiger partial charge in [0.05, 0.1) is 13.5 Å². The molecule has 1 N–H and O–H groups in total. The van der Waals surface area contributed by atoms with Crippen molar-refractivity contribution in [1.29, 1.82) is 0 Å². The van der Waals surface area contributed by atoms with E-state index in [0.29, 0.717) is 5.92 Å². The lowest BCUT2D eigenvalue weighted by Crippen LogP contribution is -2.22. The summed E-state index contributed by atoms with van der Waals surface area (Å²) in [6.07, 6.45) is 4.24. The van der Waals surface area contributed by atoms with Crippen LogP contribution in [0.2, 0.25) is 5.31 Å². The molecular formula is C15H25BN2. The Kier molecular flexibility index (Phi) is 3.37. The first-order valence-electron chi connectivity index (χ1n) is 7.09. The van der Waals surface area contributed by atoms with Crippen LogP contribution >= 0.6 is 0 Å². The highest BCUT2D eigenvalue weighted by Crippen LogP contribution is 2.43. The third kappa shape index (κ3) is 2.50. The van der Waals surface area contributed by atoms with Crippen LogP contribution < -0.4 is 0 Å². The Labute approximate surface area is 112 Å². The molecule has 2 rings (SSSR count). The van der Waals surface area contributed by atoms with Crippen LogP contribution in [0.15, 0.2) is 0 Å². The topological polar surface area (TPSA) is 28.7 Å². The minimum Gasteiger partial charge on any atom is -0.345 e. The summed E-state index contributed by atoms with van der Waals surface area (Å²) < 4.78 is 0. The molecule has 0 saturated carbocycles. The molecule has 0 saturated heterocycles. The van der Waals surface area contributed by atoms with Gasteiger partial charge in [0.1, 0.15) is 5.82 Å². The number of imidazole rings is 1. The van der Waals surface area contributed by atoms with E-state index in [1.165, 1.54) is 11.4 Å². The summed E-state index contributed by atoms with van der Waals surface area (Å²) in [6, 6.07) is 0. The lowest BCUT2D eigenvalue weighted by Gasteiger charge is -2.33. The van der Waals surface area contributed by atoms with Gasteiger partial charge in [-0.1, -0.05) is 46.4 Å². The van der Waals surface area contributed by atoms with Crippen molar-refractivity contribution in [1.82, 2.24) is 9.97 Å². The molecule has 2 nitrogen and oxygen atoms in total. The number of H-pyrrole nitrogens is 1. The molecule has 0 amide bonds.